The third-order valence-electron chi connectivity index (χ3n) is 4.52. The molecule has 0 aromatic heterocycles. The molecule has 0 aliphatic carbocycles. The number of carbonyl (C=O) groups is 1. The van der Waals surface area contributed by atoms with Crippen molar-refractivity contribution in [3.63, 3.8) is 0 Å². The van der Waals surface area contributed by atoms with Gasteiger partial charge in [0.1, 0.15) is 0 Å². The maximum absolute atomic E-state index is 12.4. The molecule has 2 rings (SSSR count). The van der Waals surface area contributed by atoms with Crippen molar-refractivity contribution < 1.29 is 9.90 Å². The zero-order valence-corrected chi connectivity index (χ0v) is 13.2. The summed E-state index contributed by atoms with van der Waals surface area (Å²) in [7, 11) is 1.86. The molecule has 1 aliphatic rings. The zero-order chi connectivity index (χ0) is 15.4. The van der Waals surface area contributed by atoms with Crippen molar-refractivity contribution in [2.75, 3.05) is 25.0 Å². The van der Waals surface area contributed by atoms with E-state index in [0.29, 0.717) is 0 Å². The monoisotopic (exact) mass is 290 g/mol. The predicted octanol–water partition coefficient (Wildman–Crippen LogP) is 2.52. The zero-order valence-electron chi connectivity index (χ0n) is 13.2. The van der Waals surface area contributed by atoms with Crippen LogP contribution in [-0.2, 0) is 0 Å². The summed E-state index contributed by atoms with van der Waals surface area (Å²) in [4.78, 5) is 16.4. The van der Waals surface area contributed by atoms with Crippen molar-refractivity contribution in [2.45, 2.75) is 45.3 Å². The minimum atomic E-state index is -0.161. The van der Waals surface area contributed by atoms with E-state index in [9.17, 15) is 9.90 Å². The topological polar surface area (TPSA) is 43.8 Å². The number of benzene rings is 1. The molecule has 0 radical (unpaired) electrons. The molecule has 1 unspecified atom stereocenters. The largest absolute Gasteiger partial charge is 0.393 e. The van der Waals surface area contributed by atoms with Crippen molar-refractivity contribution in [3.8, 4) is 0 Å². The Balaban J connectivity index is 2.03. The summed E-state index contributed by atoms with van der Waals surface area (Å²) in [5, 5.41) is 9.55. The van der Waals surface area contributed by atoms with E-state index in [1.807, 2.05) is 31.3 Å². The van der Waals surface area contributed by atoms with E-state index in [0.717, 1.165) is 43.6 Å². The normalized spacial score (nSPS) is 17.6. The summed E-state index contributed by atoms with van der Waals surface area (Å²) in [5.41, 5.74) is 1.86. The highest BCUT2D eigenvalue weighted by atomic mass is 16.3. The predicted molar refractivity (Wildman–Crippen MR) is 85.7 cm³/mol. The number of aliphatic hydroxyl groups excluding tert-OH is 1. The summed E-state index contributed by atoms with van der Waals surface area (Å²) in [5.74, 6) is 0.0740. The Kier molecular flexibility index (Phi) is 5.23. The third kappa shape index (κ3) is 3.76. The molecule has 1 heterocycles. The summed E-state index contributed by atoms with van der Waals surface area (Å²) in [6.45, 7) is 5.90. The molecule has 0 spiro atoms. The van der Waals surface area contributed by atoms with Gasteiger partial charge in [0.2, 0.25) is 0 Å². The molecule has 116 valence electrons. The van der Waals surface area contributed by atoms with Gasteiger partial charge in [0, 0.05) is 37.4 Å². The fraction of sp³-hybridized carbons (Fsp3) is 0.588. The van der Waals surface area contributed by atoms with Crippen LogP contribution in [0.15, 0.2) is 24.3 Å². The van der Waals surface area contributed by atoms with Crippen molar-refractivity contribution >= 4 is 11.6 Å². The first-order valence-electron chi connectivity index (χ1n) is 7.83. The van der Waals surface area contributed by atoms with Gasteiger partial charge in [0.15, 0.2) is 0 Å². The first-order valence-corrected chi connectivity index (χ1v) is 7.83. The second-order valence-electron chi connectivity index (χ2n) is 5.94. The number of aliphatic hydroxyl groups is 1. The molecule has 1 atom stereocenters. The summed E-state index contributed by atoms with van der Waals surface area (Å²) in [6.07, 6.45) is 2.43. The van der Waals surface area contributed by atoms with Crippen LogP contribution in [-0.4, -0.2) is 48.2 Å². The minimum Gasteiger partial charge on any atom is -0.393 e. The molecule has 1 saturated heterocycles. The lowest BCUT2D eigenvalue weighted by Crippen LogP contribution is -2.36. The lowest BCUT2D eigenvalue weighted by Gasteiger charge is -2.31. The van der Waals surface area contributed by atoms with E-state index in [-0.39, 0.29) is 18.1 Å². The summed E-state index contributed by atoms with van der Waals surface area (Å²) < 4.78 is 0. The number of hydrogen-bond acceptors (Lipinski definition) is 3. The first kappa shape index (κ1) is 15.8. The number of amides is 1. The van der Waals surface area contributed by atoms with E-state index in [2.05, 4.69) is 18.7 Å². The highest BCUT2D eigenvalue weighted by Crippen LogP contribution is 2.21. The summed E-state index contributed by atoms with van der Waals surface area (Å²) in [6, 6.07) is 8.08. The SMILES string of the molecule is CCC(C)N(C)C(=O)c1ccc(N2CCC(O)CC2)cc1. The third-order valence-corrected chi connectivity index (χ3v) is 4.52. The van der Waals surface area contributed by atoms with Crippen LogP contribution in [0.5, 0.6) is 0 Å². The molecule has 0 saturated carbocycles. The lowest BCUT2D eigenvalue weighted by atomic mass is 10.1. The Morgan fingerprint density at radius 2 is 1.90 bits per heavy atom. The molecule has 1 aromatic carbocycles. The van der Waals surface area contributed by atoms with E-state index in [1.54, 1.807) is 4.90 Å². The van der Waals surface area contributed by atoms with Crippen LogP contribution in [0.25, 0.3) is 0 Å². The van der Waals surface area contributed by atoms with Gasteiger partial charge in [0.25, 0.3) is 5.91 Å². The Bertz CT molecular complexity index is 464. The molecule has 4 heteroatoms. The van der Waals surface area contributed by atoms with Crippen LogP contribution in [0.4, 0.5) is 5.69 Å². The molecule has 1 amide bonds. The van der Waals surface area contributed by atoms with Crippen LogP contribution in [0.1, 0.15) is 43.5 Å². The van der Waals surface area contributed by atoms with Gasteiger partial charge in [-0.2, -0.15) is 0 Å². The van der Waals surface area contributed by atoms with Gasteiger partial charge in [-0.15, -0.1) is 0 Å². The molecular formula is C17H26N2O2. The number of rotatable bonds is 4. The number of piperidine rings is 1. The number of carbonyl (C=O) groups excluding carboxylic acids is 1. The van der Waals surface area contributed by atoms with E-state index >= 15 is 0 Å². The molecule has 1 aliphatic heterocycles. The van der Waals surface area contributed by atoms with Gasteiger partial charge in [-0.1, -0.05) is 6.92 Å². The second kappa shape index (κ2) is 6.94. The highest BCUT2D eigenvalue weighted by Gasteiger charge is 2.19. The van der Waals surface area contributed by atoms with E-state index in [1.165, 1.54) is 0 Å². The van der Waals surface area contributed by atoms with Crippen LogP contribution >= 0.6 is 0 Å². The number of hydrogen-bond donors (Lipinski definition) is 1. The molecule has 21 heavy (non-hydrogen) atoms. The van der Waals surface area contributed by atoms with Crippen molar-refractivity contribution in [1.29, 1.82) is 0 Å². The summed E-state index contributed by atoms with van der Waals surface area (Å²) >= 11 is 0. The first-order chi connectivity index (χ1) is 10.0. The Labute approximate surface area is 127 Å². The standard InChI is InChI=1S/C17H26N2O2/c1-4-13(2)18(3)17(21)14-5-7-15(8-6-14)19-11-9-16(20)10-12-19/h5-8,13,16,20H,4,9-12H2,1-3H3. The maximum atomic E-state index is 12.4. The molecule has 0 bridgehead atoms. The second-order valence-corrected chi connectivity index (χ2v) is 5.94. The minimum absolute atomic E-state index is 0.0740. The van der Waals surface area contributed by atoms with Crippen LogP contribution in [0, 0.1) is 0 Å². The van der Waals surface area contributed by atoms with Crippen molar-refractivity contribution in [2.24, 2.45) is 0 Å². The molecule has 1 N–H and O–H groups in total. The quantitative estimate of drug-likeness (QED) is 0.926. The Morgan fingerprint density at radius 3 is 2.43 bits per heavy atom. The molecular weight excluding hydrogens is 264 g/mol. The maximum Gasteiger partial charge on any atom is 0.253 e. The van der Waals surface area contributed by atoms with Crippen LogP contribution in [0.3, 0.4) is 0 Å². The van der Waals surface area contributed by atoms with E-state index < -0.39 is 0 Å². The van der Waals surface area contributed by atoms with E-state index in [4.69, 9.17) is 0 Å². The lowest BCUT2D eigenvalue weighted by molar-refractivity contribution is 0.0740. The van der Waals surface area contributed by atoms with Crippen molar-refractivity contribution in [1.82, 2.24) is 4.90 Å². The van der Waals surface area contributed by atoms with Gasteiger partial charge < -0.3 is 14.9 Å². The Morgan fingerprint density at radius 1 is 1.33 bits per heavy atom. The van der Waals surface area contributed by atoms with Crippen molar-refractivity contribution in [3.05, 3.63) is 29.8 Å². The molecule has 4 nitrogen and oxygen atoms in total. The van der Waals surface area contributed by atoms with Gasteiger partial charge in [0.05, 0.1) is 6.10 Å². The number of anilines is 1. The van der Waals surface area contributed by atoms with Crippen LogP contribution in [0.2, 0.25) is 0 Å². The number of nitrogens with zero attached hydrogens (tertiary/aromatic N) is 2. The highest BCUT2D eigenvalue weighted by molar-refractivity contribution is 5.94. The van der Waals surface area contributed by atoms with Crippen LogP contribution < -0.4 is 4.90 Å². The smallest absolute Gasteiger partial charge is 0.253 e. The average molecular weight is 290 g/mol. The van der Waals surface area contributed by atoms with Gasteiger partial charge in [-0.05, 0) is 50.5 Å². The fourth-order valence-electron chi connectivity index (χ4n) is 2.62. The van der Waals surface area contributed by atoms with Gasteiger partial charge in [-0.25, -0.2) is 0 Å². The van der Waals surface area contributed by atoms with Gasteiger partial charge in [-0.3, -0.25) is 4.79 Å². The van der Waals surface area contributed by atoms with Gasteiger partial charge >= 0.3 is 0 Å². The Hall–Kier alpha value is -1.55. The molecule has 1 fully saturated rings. The molecule has 1 aromatic rings. The average Bonchev–Trinajstić information content (AvgIpc) is 2.53. The fourth-order valence-corrected chi connectivity index (χ4v) is 2.62.